The number of fused-ring (bicyclic) bond motifs is 1. The van der Waals surface area contributed by atoms with Crippen LogP contribution in [0.15, 0.2) is 55.1 Å². The van der Waals surface area contributed by atoms with Gasteiger partial charge < -0.3 is 0 Å². The summed E-state index contributed by atoms with van der Waals surface area (Å²) in [5.41, 5.74) is 4.04. The van der Waals surface area contributed by atoms with Crippen LogP contribution in [0.3, 0.4) is 0 Å². The molecule has 2 heterocycles. The predicted molar refractivity (Wildman–Crippen MR) is 75.1 cm³/mol. The fraction of sp³-hybridized carbons (Fsp3) is 0.0667. The Labute approximate surface area is 115 Å². The van der Waals surface area contributed by atoms with Crippen LogP contribution in [0.2, 0.25) is 0 Å². The number of halogens is 1. The molecule has 5 heteroatoms. The maximum Gasteiger partial charge on any atom is 0.146 e. The van der Waals surface area contributed by atoms with E-state index in [2.05, 4.69) is 15.4 Å². The summed E-state index contributed by atoms with van der Waals surface area (Å²) in [6, 6.07) is 8.87. The maximum absolute atomic E-state index is 13.9. The smallest absolute Gasteiger partial charge is 0.146 e. The van der Waals surface area contributed by atoms with E-state index in [9.17, 15) is 4.39 Å². The number of pyridine rings is 2. The molecule has 0 aliphatic heterocycles. The van der Waals surface area contributed by atoms with Crippen LogP contribution >= 0.6 is 0 Å². The Kier molecular flexibility index (Phi) is 3.37. The van der Waals surface area contributed by atoms with E-state index in [-0.39, 0.29) is 5.82 Å². The van der Waals surface area contributed by atoms with Crippen molar-refractivity contribution in [3.05, 3.63) is 72.1 Å². The summed E-state index contributed by atoms with van der Waals surface area (Å²) in [5.74, 6) is 5.26. The van der Waals surface area contributed by atoms with Gasteiger partial charge in [0.2, 0.25) is 0 Å². The number of benzene rings is 1. The SMILES string of the molecule is NNC(c1ccncc1F)c1cccc2cnccc12. The van der Waals surface area contributed by atoms with E-state index in [0.717, 1.165) is 16.3 Å². The molecule has 0 saturated heterocycles. The minimum atomic E-state index is -0.441. The van der Waals surface area contributed by atoms with E-state index in [4.69, 9.17) is 5.84 Å². The van der Waals surface area contributed by atoms with Gasteiger partial charge in [0, 0.05) is 29.5 Å². The Morgan fingerprint density at radius 3 is 2.60 bits per heavy atom. The average molecular weight is 268 g/mol. The monoisotopic (exact) mass is 268 g/mol. The van der Waals surface area contributed by atoms with E-state index >= 15 is 0 Å². The first-order chi connectivity index (χ1) is 9.81. The van der Waals surface area contributed by atoms with Crippen LogP contribution in [0, 0.1) is 5.82 Å². The molecular formula is C15H13FN4. The Morgan fingerprint density at radius 2 is 1.80 bits per heavy atom. The van der Waals surface area contributed by atoms with Crippen molar-refractivity contribution >= 4 is 10.8 Å². The highest BCUT2D eigenvalue weighted by Gasteiger charge is 2.18. The van der Waals surface area contributed by atoms with E-state index in [0.29, 0.717) is 5.56 Å². The zero-order valence-corrected chi connectivity index (χ0v) is 10.6. The Bertz CT molecular complexity index is 739. The van der Waals surface area contributed by atoms with Gasteiger partial charge >= 0.3 is 0 Å². The van der Waals surface area contributed by atoms with Crippen molar-refractivity contribution in [1.29, 1.82) is 0 Å². The molecule has 0 bridgehead atoms. The molecule has 0 fully saturated rings. The van der Waals surface area contributed by atoms with E-state index in [1.165, 1.54) is 6.20 Å². The molecule has 0 spiro atoms. The Morgan fingerprint density at radius 1 is 1.00 bits per heavy atom. The zero-order valence-electron chi connectivity index (χ0n) is 10.6. The van der Waals surface area contributed by atoms with E-state index in [1.54, 1.807) is 24.7 Å². The third-order valence-corrected chi connectivity index (χ3v) is 3.31. The lowest BCUT2D eigenvalue weighted by Crippen LogP contribution is -2.29. The number of nitrogens with zero attached hydrogens (tertiary/aromatic N) is 2. The van der Waals surface area contributed by atoms with Gasteiger partial charge in [0.1, 0.15) is 5.82 Å². The van der Waals surface area contributed by atoms with Gasteiger partial charge in [-0.3, -0.25) is 15.8 Å². The fourth-order valence-corrected chi connectivity index (χ4v) is 2.37. The first-order valence-electron chi connectivity index (χ1n) is 6.19. The highest BCUT2D eigenvalue weighted by molar-refractivity contribution is 5.85. The van der Waals surface area contributed by atoms with Crippen molar-refractivity contribution in [2.75, 3.05) is 0 Å². The molecule has 3 N–H and O–H groups in total. The summed E-state index contributed by atoms with van der Waals surface area (Å²) in [5, 5.41) is 1.97. The molecule has 3 aromatic rings. The number of nitrogens with two attached hydrogens (primary N) is 1. The summed E-state index contributed by atoms with van der Waals surface area (Å²) in [4.78, 5) is 7.86. The van der Waals surface area contributed by atoms with E-state index < -0.39 is 6.04 Å². The molecule has 4 nitrogen and oxygen atoms in total. The van der Waals surface area contributed by atoms with Crippen molar-refractivity contribution in [2.45, 2.75) is 6.04 Å². The topological polar surface area (TPSA) is 63.8 Å². The van der Waals surface area contributed by atoms with Gasteiger partial charge in [-0.2, -0.15) is 0 Å². The molecule has 1 atom stereocenters. The van der Waals surface area contributed by atoms with Crippen LogP contribution in [-0.4, -0.2) is 9.97 Å². The van der Waals surface area contributed by atoms with Crippen molar-refractivity contribution in [2.24, 2.45) is 5.84 Å². The lowest BCUT2D eigenvalue weighted by atomic mass is 9.95. The fourth-order valence-electron chi connectivity index (χ4n) is 2.37. The standard InChI is InChI=1S/C15H13FN4/c16-14-9-19-7-5-13(14)15(20-17)12-3-1-2-10-8-18-6-4-11(10)12/h1-9,15,20H,17H2. The first-order valence-corrected chi connectivity index (χ1v) is 6.19. The largest absolute Gasteiger partial charge is 0.271 e. The second-order valence-corrected chi connectivity index (χ2v) is 4.44. The molecule has 0 amide bonds. The highest BCUT2D eigenvalue weighted by Crippen LogP contribution is 2.28. The molecule has 0 aliphatic carbocycles. The van der Waals surface area contributed by atoms with Crippen LogP contribution in [0.4, 0.5) is 4.39 Å². The third-order valence-electron chi connectivity index (χ3n) is 3.31. The molecular weight excluding hydrogens is 255 g/mol. The number of hydrazine groups is 1. The number of hydrogen-bond acceptors (Lipinski definition) is 4. The lowest BCUT2D eigenvalue weighted by molar-refractivity contribution is 0.557. The summed E-state index contributed by atoms with van der Waals surface area (Å²) in [6.45, 7) is 0. The molecule has 100 valence electrons. The van der Waals surface area contributed by atoms with Gasteiger partial charge in [0.05, 0.1) is 12.2 Å². The quantitative estimate of drug-likeness (QED) is 0.565. The summed E-state index contributed by atoms with van der Waals surface area (Å²) >= 11 is 0. The summed E-state index contributed by atoms with van der Waals surface area (Å²) in [7, 11) is 0. The minimum absolute atomic E-state index is 0.387. The second-order valence-electron chi connectivity index (χ2n) is 4.44. The number of nitrogens with one attached hydrogen (secondary N) is 1. The summed E-state index contributed by atoms with van der Waals surface area (Å²) < 4.78 is 13.9. The second kappa shape index (κ2) is 5.32. The number of aromatic nitrogens is 2. The Hall–Kier alpha value is -2.37. The molecule has 20 heavy (non-hydrogen) atoms. The molecule has 1 unspecified atom stereocenters. The normalized spacial score (nSPS) is 12.5. The van der Waals surface area contributed by atoms with Crippen LogP contribution in [0.5, 0.6) is 0 Å². The van der Waals surface area contributed by atoms with Crippen molar-refractivity contribution in [1.82, 2.24) is 15.4 Å². The van der Waals surface area contributed by atoms with E-state index in [1.807, 2.05) is 24.3 Å². The van der Waals surface area contributed by atoms with Crippen LogP contribution in [0.25, 0.3) is 10.8 Å². The van der Waals surface area contributed by atoms with Crippen molar-refractivity contribution in [3.63, 3.8) is 0 Å². The summed E-state index contributed by atoms with van der Waals surface area (Å²) in [6.07, 6.45) is 6.22. The first kappa shape index (κ1) is 12.7. The lowest BCUT2D eigenvalue weighted by Gasteiger charge is -2.19. The van der Waals surface area contributed by atoms with Gasteiger partial charge in [-0.25, -0.2) is 9.82 Å². The van der Waals surface area contributed by atoms with Gasteiger partial charge in [0.25, 0.3) is 0 Å². The van der Waals surface area contributed by atoms with Gasteiger partial charge in [0.15, 0.2) is 0 Å². The minimum Gasteiger partial charge on any atom is -0.271 e. The van der Waals surface area contributed by atoms with Crippen molar-refractivity contribution in [3.8, 4) is 0 Å². The molecule has 3 rings (SSSR count). The maximum atomic E-state index is 13.9. The van der Waals surface area contributed by atoms with Gasteiger partial charge in [-0.05, 0) is 23.1 Å². The molecule has 0 saturated carbocycles. The highest BCUT2D eigenvalue weighted by atomic mass is 19.1. The molecule has 2 aromatic heterocycles. The molecule has 0 aliphatic rings. The third kappa shape index (κ3) is 2.13. The Balaban J connectivity index is 2.20. The van der Waals surface area contributed by atoms with Crippen LogP contribution in [0.1, 0.15) is 17.2 Å². The van der Waals surface area contributed by atoms with Crippen LogP contribution in [-0.2, 0) is 0 Å². The average Bonchev–Trinajstić information content (AvgIpc) is 2.50. The van der Waals surface area contributed by atoms with Gasteiger partial charge in [-0.1, -0.05) is 18.2 Å². The molecule has 0 radical (unpaired) electrons. The number of rotatable bonds is 3. The van der Waals surface area contributed by atoms with Crippen LogP contribution < -0.4 is 11.3 Å². The number of hydrogen-bond donors (Lipinski definition) is 2. The van der Waals surface area contributed by atoms with Gasteiger partial charge in [-0.15, -0.1) is 0 Å². The zero-order chi connectivity index (χ0) is 13.9. The predicted octanol–water partition coefficient (Wildman–Crippen LogP) is 2.32. The van der Waals surface area contributed by atoms with Crippen molar-refractivity contribution < 1.29 is 4.39 Å². The molecule has 1 aromatic carbocycles.